The van der Waals surface area contributed by atoms with Gasteiger partial charge in [-0.3, -0.25) is 0 Å². The number of hydrogen-bond donors (Lipinski definition) is 1. The van der Waals surface area contributed by atoms with Crippen LogP contribution in [0.4, 0.5) is 0 Å². The summed E-state index contributed by atoms with van der Waals surface area (Å²) in [6.07, 6.45) is 2.96. The van der Waals surface area contributed by atoms with Gasteiger partial charge in [0.25, 0.3) is 0 Å². The summed E-state index contributed by atoms with van der Waals surface area (Å²) >= 11 is 0. The third-order valence-corrected chi connectivity index (χ3v) is 1.53. The predicted octanol–water partition coefficient (Wildman–Crippen LogP) is -2.58. The molecule has 17 heavy (non-hydrogen) atoms. The van der Waals surface area contributed by atoms with Crippen LogP contribution in [0.25, 0.3) is 0 Å². The molecule has 0 radical (unpaired) electrons. The SMILES string of the molecule is O=C(O)\C=C/C([O-])=N\N=C/c1ccccc1.[Li+]. The molecule has 0 bridgehead atoms. The number of carboxylic acid groups (broad SMARTS) is 1. The summed E-state index contributed by atoms with van der Waals surface area (Å²) < 4.78 is 0. The van der Waals surface area contributed by atoms with Crippen LogP contribution in [0, 0.1) is 0 Å². The van der Waals surface area contributed by atoms with Crippen LogP contribution in [0.5, 0.6) is 0 Å². The van der Waals surface area contributed by atoms with Crippen molar-refractivity contribution in [3.63, 3.8) is 0 Å². The largest absolute Gasteiger partial charge is 1.00 e. The summed E-state index contributed by atoms with van der Waals surface area (Å²) in [6, 6.07) is 9.11. The van der Waals surface area contributed by atoms with E-state index < -0.39 is 11.9 Å². The molecular weight excluding hydrogens is 215 g/mol. The molecule has 0 amide bonds. The average Bonchev–Trinajstić information content (AvgIpc) is 2.28. The van der Waals surface area contributed by atoms with Crippen LogP contribution in [-0.4, -0.2) is 23.2 Å². The van der Waals surface area contributed by atoms with Gasteiger partial charge in [-0.1, -0.05) is 30.3 Å². The summed E-state index contributed by atoms with van der Waals surface area (Å²) in [5, 5.41) is 26.0. The molecule has 0 spiro atoms. The van der Waals surface area contributed by atoms with Gasteiger partial charge in [-0.25, -0.2) is 4.79 Å². The number of hydrogen-bond acceptors (Lipinski definition) is 4. The van der Waals surface area contributed by atoms with Gasteiger partial charge < -0.3 is 10.2 Å². The number of carboxylic acids is 1. The maximum Gasteiger partial charge on any atom is 1.00 e. The minimum atomic E-state index is -1.20. The fraction of sp³-hybridized carbons (Fsp3) is 0. The van der Waals surface area contributed by atoms with E-state index >= 15 is 0 Å². The monoisotopic (exact) mass is 224 g/mol. The first kappa shape index (κ1) is 15.2. The topological polar surface area (TPSA) is 85.1 Å². The van der Waals surface area contributed by atoms with E-state index in [1.807, 2.05) is 18.2 Å². The Morgan fingerprint density at radius 3 is 2.47 bits per heavy atom. The van der Waals surface area contributed by atoms with Crippen molar-refractivity contribution in [2.75, 3.05) is 0 Å². The van der Waals surface area contributed by atoms with Crippen molar-refractivity contribution in [1.29, 1.82) is 0 Å². The number of carbonyl (C=O) groups is 1. The van der Waals surface area contributed by atoms with Gasteiger partial charge in [0.15, 0.2) is 0 Å². The first-order valence-corrected chi connectivity index (χ1v) is 4.42. The van der Waals surface area contributed by atoms with Crippen molar-refractivity contribution >= 4 is 18.1 Å². The van der Waals surface area contributed by atoms with Gasteiger partial charge in [0.05, 0.1) is 6.21 Å². The Bertz CT molecular complexity index is 441. The Morgan fingerprint density at radius 1 is 1.24 bits per heavy atom. The smallest absolute Gasteiger partial charge is 0.857 e. The maximum atomic E-state index is 10.9. The first-order valence-electron chi connectivity index (χ1n) is 4.42. The molecule has 1 rings (SSSR count). The van der Waals surface area contributed by atoms with Crippen LogP contribution in [-0.2, 0) is 4.79 Å². The molecule has 0 heterocycles. The molecule has 5 nitrogen and oxygen atoms in total. The summed E-state index contributed by atoms with van der Waals surface area (Å²) in [7, 11) is 0. The molecular formula is C11H9LiN2O3. The predicted molar refractivity (Wildman–Crippen MR) is 58.2 cm³/mol. The molecule has 0 aromatic heterocycles. The van der Waals surface area contributed by atoms with Gasteiger partial charge in [-0.2, -0.15) is 10.2 Å². The van der Waals surface area contributed by atoms with Crippen molar-refractivity contribution in [2.24, 2.45) is 10.2 Å². The third kappa shape index (κ3) is 7.12. The van der Waals surface area contributed by atoms with E-state index in [2.05, 4.69) is 10.2 Å². The van der Waals surface area contributed by atoms with E-state index in [0.717, 1.165) is 11.6 Å². The van der Waals surface area contributed by atoms with Crippen molar-refractivity contribution in [1.82, 2.24) is 0 Å². The molecule has 1 N–H and O–H groups in total. The van der Waals surface area contributed by atoms with Gasteiger partial charge in [0, 0.05) is 12.0 Å². The average molecular weight is 224 g/mol. The second-order valence-electron chi connectivity index (χ2n) is 2.77. The van der Waals surface area contributed by atoms with E-state index in [0.29, 0.717) is 6.08 Å². The van der Waals surface area contributed by atoms with Gasteiger partial charge in [0.1, 0.15) is 0 Å². The van der Waals surface area contributed by atoms with Crippen molar-refractivity contribution in [3.05, 3.63) is 48.0 Å². The van der Waals surface area contributed by atoms with Crippen molar-refractivity contribution < 1.29 is 33.9 Å². The Kier molecular flexibility index (Phi) is 7.44. The molecule has 1 aromatic rings. The molecule has 6 heteroatoms. The summed E-state index contributed by atoms with van der Waals surface area (Å²) in [4.78, 5) is 10.1. The minimum Gasteiger partial charge on any atom is -0.857 e. The van der Waals surface area contributed by atoms with Gasteiger partial charge >= 0.3 is 24.8 Å². The van der Waals surface area contributed by atoms with E-state index in [-0.39, 0.29) is 18.9 Å². The van der Waals surface area contributed by atoms with E-state index in [1.54, 1.807) is 12.1 Å². The van der Waals surface area contributed by atoms with Gasteiger partial charge in [0.2, 0.25) is 0 Å². The molecule has 0 aliphatic rings. The molecule has 0 saturated carbocycles. The Morgan fingerprint density at radius 2 is 1.88 bits per heavy atom. The van der Waals surface area contributed by atoms with Crippen LogP contribution in [0.3, 0.4) is 0 Å². The molecule has 0 fully saturated rings. The maximum absolute atomic E-state index is 10.9. The standard InChI is InChI=1S/C11H10N2O3.Li/c14-10(6-7-11(15)16)13-12-8-9-4-2-1-3-5-9;/h1-8H,(H,13,14)(H,15,16);/q;+1/p-1/b7-6-,12-8-;. The van der Waals surface area contributed by atoms with Crippen LogP contribution in [0.2, 0.25) is 0 Å². The third-order valence-electron chi connectivity index (χ3n) is 1.53. The van der Waals surface area contributed by atoms with Gasteiger partial charge in [-0.15, -0.1) is 0 Å². The number of rotatable bonds is 4. The fourth-order valence-corrected chi connectivity index (χ4v) is 0.867. The minimum absolute atomic E-state index is 0. The molecule has 0 unspecified atom stereocenters. The molecule has 0 saturated heterocycles. The summed E-state index contributed by atoms with van der Waals surface area (Å²) in [6.45, 7) is 0. The molecule has 1 aromatic carbocycles. The molecule has 82 valence electrons. The molecule has 0 atom stereocenters. The Labute approximate surface area is 110 Å². The van der Waals surface area contributed by atoms with E-state index in [1.165, 1.54) is 6.21 Å². The van der Waals surface area contributed by atoms with E-state index in [9.17, 15) is 9.90 Å². The quantitative estimate of drug-likeness (QED) is 0.200. The zero-order valence-corrected chi connectivity index (χ0v) is 9.28. The van der Waals surface area contributed by atoms with Crippen molar-refractivity contribution in [2.45, 2.75) is 0 Å². The van der Waals surface area contributed by atoms with Crippen molar-refractivity contribution in [3.8, 4) is 0 Å². The zero-order chi connectivity index (χ0) is 11.8. The molecule has 0 aliphatic heterocycles. The summed E-state index contributed by atoms with van der Waals surface area (Å²) in [5.74, 6) is -1.91. The van der Waals surface area contributed by atoms with Crippen LogP contribution >= 0.6 is 0 Å². The Hall–Kier alpha value is -1.83. The second-order valence-corrected chi connectivity index (χ2v) is 2.77. The van der Waals surface area contributed by atoms with E-state index in [4.69, 9.17) is 5.11 Å². The Balaban J connectivity index is 0.00000256. The normalized spacial score (nSPS) is 11.6. The zero-order valence-electron chi connectivity index (χ0n) is 9.28. The summed E-state index contributed by atoms with van der Waals surface area (Å²) in [5.41, 5.74) is 0.807. The first-order chi connectivity index (χ1) is 7.68. The van der Waals surface area contributed by atoms with Crippen LogP contribution < -0.4 is 24.0 Å². The van der Waals surface area contributed by atoms with Crippen LogP contribution in [0.15, 0.2) is 52.7 Å². The molecule has 0 aliphatic carbocycles. The number of benzene rings is 1. The van der Waals surface area contributed by atoms with Gasteiger partial charge in [-0.05, 0) is 11.6 Å². The number of nitrogens with zero attached hydrogens (tertiary/aromatic N) is 2. The fourth-order valence-electron chi connectivity index (χ4n) is 0.867. The van der Waals surface area contributed by atoms with Crippen LogP contribution in [0.1, 0.15) is 5.56 Å². The number of aliphatic carboxylic acids is 1. The second kappa shape index (κ2) is 8.33.